The van der Waals surface area contributed by atoms with Crippen LogP contribution in [0.5, 0.6) is 0 Å². The number of hydrogen-bond acceptors (Lipinski definition) is 3. The molecule has 0 unspecified atom stereocenters. The first-order chi connectivity index (χ1) is 10.1. The fourth-order valence-corrected chi connectivity index (χ4v) is 3.62. The van der Waals surface area contributed by atoms with Crippen molar-refractivity contribution in [2.75, 3.05) is 20.2 Å². The highest BCUT2D eigenvalue weighted by atomic mass is 32.1. The quantitative estimate of drug-likeness (QED) is 0.919. The summed E-state index contributed by atoms with van der Waals surface area (Å²) in [6.45, 7) is 5.81. The summed E-state index contributed by atoms with van der Waals surface area (Å²) in [6.07, 6.45) is 3.81. The van der Waals surface area contributed by atoms with Gasteiger partial charge in [-0.3, -0.25) is 0 Å². The lowest BCUT2D eigenvalue weighted by atomic mass is 9.97. The van der Waals surface area contributed by atoms with Gasteiger partial charge in [-0.05, 0) is 44.1 Å². The maximum atomic E-state index is 12.5. The number of nitrogens with one attached hydrogen (secondary N) is 1. The van der Waals surface area contributed by atoms with Gasteiger partial charge < -0.3 is 15.0 Å². The van der Waals surface area contributed by atoms with Crippen molar-refractivity contribution < 1.29 is 9.53 Å². The predicted octanol–water partition coefficient (Wildman–Crippen LogP) is 3.80. The second-order valence-electron chi connectivity index (χ2n) is 5.92. The first-order valence-corrected chi connectivity index (χ1v) is 8.60. The fourth-order valence-electron chi connectivity index (χ4n) is 2.76. The van der Waals surface area contributed by atoms with Crippen LogP contribution in [0.1, 0.15) is 50.4 Å². The molecule has 1 aromatic heterocycles. The van der Waals surface area contributed by atoms with E-state index in [0.717, 1.165) is 38.8 Å². The summed E-state index contributed by atoms with van der Waals surface area (Å²) in [5, 5.41) is 5.22. The van der Waals surface area contributed by atoms with Crippen molar-refractivity contribution in [3.05, 3.63) is 22.4 Å². The third-order valence-corrected chi connectivity index (χ3v) is 5.40. The molecule has 0 aliphatic carbocycles. The Morgan fingerprint density at radius 2 is 2.33 bits per heavy atom. The average molecular weight is 310 g/mol. The minimum atomic E-state index is -0.0903. The molecule has 2 amide bonds. The number of methoxy groups -OCH3 is 1. The summed E-state index contributed by atoms with van der Waals surface area (Å²) in [5.41, 5.74) is -0.0903. The Morgan fingerprint density at radius 1 is 1.52 bits per heavy atom. The van der Waals surface area contributed by atoms with Crippen molar-refractivity contribution >= 4 is 17.4 Å². The van der Waals surface area contributed by atoms with Crippen LogP contribution in [-0.2, 0) is 4.74 Å². The summed E-state index contributed by atoms with van der Waals surface area (Å²) < 4.78 is 5.59. The maximum absolute atomic E-state index is 12.5. The Balaban J connectivity index is 1.94. The molecule has 0 spiro atoms. The molecule has 2 heterocycles. The molecule has 1 aliphatic rings. The van der Waals surface area contributed by atoms with E-state index in [4.69, 9.17) is 4.74 Å². The average Bonchev–Trinajstić information content (AvgIpc) is 2.94. The zero-order valence-electron chi connectivity index (χ0n) is 13.2. The lowest BCUT2D eigenvalue weighted by molar-refractivity contribution is -0.00501. The van der Waals surface area contributed by atoms with Gasteiger partial charge in [0.25, 0.3) is 0 Å². The topological polar surface area (TPSA) is 41.6 Å². The number of urea groups is 1. The third-order valence-electron chi connectivity index (χ3n) is 4.42. The van der Waals surface area contributed by atoms with Crippen LogP contribution in [0.25, 0.3) is 0 Å². The predicted molar refractivity (Wildman–Crippen MR) is 86.7 cm³/mol. The first-order valence-electron chi connectivity index (χ1n) is 7.72. The second kappa shape index (κ2) is 7.27. The highest BCUT2D eigenvalue weighted by molar-refractivity contribution is 7.10. The van der Waals surface area contributed by atoms with Gasteiger partial charge in [0.2, 0.25) is 0 Å². The van der Waals surface area contributed by atoms with E-state index in [1.807, 2.05) is 11.0 Å². The van der Waals surface area contributed by atoms with E-state index >= 15 is 0 Å². The van der Waals surface area contributed by atoms with Gasteiger partial charge in [0.15, 0.2) is 0 Å². The number of ether oxygens (including phenoxy) is 1. The number of carbonyl (C=O) groups excluding carboxylic acids is 1. The van der Waals surface area contributed by atoms with Crippen molar-refractivity contribution in [3.63, 3.8) is 0 Å². The van der Waals surface area contributed by atoms with Crippen LogP contribution in [0.4, 0.5) is 4.79 Å². The van der Waals surface area contributed by atoms with Gasteiger partial charge in [-0.1, -0.05) is 13.0 Å². The summed E-state index contributed by atoms with van der Waals surface area (Å²) in [5.74, 6) is 0. The van der Waals surface area contributed by atoms with E-state index < -0.39 is 0 Å². The van der Waals surface area contributed by atoms with Gasteiger partial charge in [0.1, 0.15) is 0 Å². The Morgan fingerprint density at radius 3 is 2.95 bits per heavy atom. The first kappa shape index (κ1) is 16.3. The number of thiophene rings is 1. The van der Waals surface area contributed by atoms with Crippen LogP contribution in [0.3, 0.4) is 0 Å². The summed E-state index contributed by atoms with van der Waals surface area (Å²) in [7, 11) is 1.76. The molecule has 1 fully saturated rings. The van der Waals surface area contributed by atoms with Crippen molar-refractivity contribution in [3.8, 4) is 0 Å². The third kappa shape index (κ3) is 4.20. The Kier molecular flexibility index (Phi) is 5.65. The zero-order valence-corrected chi connectivity index (χ0v) is 14.0. The molecule has 118 valence electrons. The van der Waals surface area contributed by atoms with Crippen molar-refractivity contribution in [2.24, 2.45) is 0 Å². The standard InChI is InChI=1S/C16H26N2O2S/c1-4-13(14-7-5-12-21-14)17-15(19)18-10-6-8-16(2,20-3)9-11-18/h5,7,12-13H,4,6,8-11H2,1-3H3,(H,17,19)/t13-,16+/m0/s1. The van der Waals surface area contributed by atoms with Crippen LogP contribution in [0.2, 0.25) is 0 Å². The molecular weight excluding hydrogens is 284 g/mol. The van der Waals surface area contributed by atoms with Crippen LogP contribution < -0.4 is 5.32 Å². The molecule has 0 saturated carbocycles. The summed E-state index contributed by atoms with van der Waals surface area (Å²) >= 11 is 1.70. The number of carbonyl (C=O) groups is 1. The van der Waals surface area contributed by atoms with Gasteiger partial charge in [0.05, 0.1) is 11.6 Å². The van der Waals surface area contributed by atoms with Crippen LogP contribution >= 0.6 is 11.3 Å². The summed E-state index contributed by atoms with van der Waals surface area (Å²) in [4.78, 5) is 15.6. The Labute approximate surface area is 131 Å². The van der Waals surface area contributed by atoms with Crippen molar-refractivity contribution in [1.29, 1.82) is 0 Å². The second-order valence-corrected chi connectivity index (χ2v) is 6.90. The van der Waals surface area contributed by atoms with Crippen LogP contribution in [-0.4, -0.2) is 36.7 Å². The van der Waals surface area contributed by atoms with Gasteiger partial charge in [-0.25, -0.2) is 4.79 Å². The van der Waals surface area contributed by atoms with E-state index in [-0.39, 0.29) is 17.7 Å². The molecule has 21 heavy (non-hydrogen) atoms. The number of rotatable bonds is 4. The van der Waals surface area contributed by atoms with E-state index in [1.54, 1.807) is 18.4 Å². The molecule has 0 aromatic carbocycles. The molecule has 1 N–H and O–H groups in total. The number of nitrogens with zero attached hydrogens (tertiary/aromatic N) is 1. The van der Waals surface area contributed by atoms with Gasteiger partial charge >= 0.3 is 6.03 Å². The molecule has 1 saturated heterocycles. The normalized spacial score (nSPS) is 24.4. The number of likely N-dealkylation sites (tertiary alicyclic amines) is 1. The summed E-state index contributed by atoms with van der Waals surface area (Å²) in [6, 6.07) is 4.29. The van der Waals surface area contributed by atoms with E-state index in [0.29, 0.717) is 0 Å². The highest BCUT2D eigenvalue weighted by Gasteiger charge is 2.29. The van der Waals surface area contributed by atoms with Gasteiger partial charge in [-0.15, -0.1) is 11.3 Å². The molecule has 4 nitrogen and oxygen atoms in total. The van der Waals surface area contributed by atoms with E-state index in [1.165, 1.54) is 4.88 Å². The molecule has 2 rings (SSSR count). The van der Waals surface area contributed by atoms with Crippen LogP contribution in [0.15, 0.2) is 17.5 Å². The molecule has 2 atom stereocenters. The van der Waals surface area contributed by atoms with Crippen LogP contribution in [0, 0.1) is 0 Å². The zero-order chi connectivity index (χ0) is 15.3. The Bertz CT molecular complexity index is 449. The lowest BCUT2D eigenvalue weighted by Gasteiger charge is -2.27. The smallest absolute Gasteiger partial charge is 0.317 e. The van der Waals surface area contributed by atoms with Gasteiger partial charge in [0, 0.05) is 25.1 Å². The van der Waals surface area contributed by atoms with E-state index in [9.17, 15) is 4.79 Å². The lowest BCUT2D eigenvalue weighted by Crippen LogP contribution is -2.42. The number of hydrogen-bond donors (Lipinski definition) is 1. The van der Waals surface area contributed by atoms with Crippen molar-refractivity contribution in [2.45, 2.75) is 51.2 Å². The molecule has 0 bridgehead atoms. The molecule has 1 aromatic rings. The molecule has 5 heteroatoms. The minimum absolute atomic E-state index is 0.0515. The highest BCUT2D eigenvalue weighted by Crippen LogP contribution is 2.26. The number of amides is 2. The van der Waals surface area contributed by atoms with Gasteiger partial charge in [-0.2, -0.15) is 0 Å². The monoisotopic (exact) mass is 310 g/mol. The van der Waals surface area contributed by atoms with E-state index in [2.05, 4.69) is 30.6 Å². The molecule has 0 radical (unpaired) electrons. The van der Waals surface area contributed by atoms with Crippen molar-refractivity contribution in [1.82, 2.24) is 10.2 Å². The maximum Gasteiger partial charge on any atom is 0.317 e. The minimum Gasteiger partial charge on any atom is -0.378 e. The Hall–Kier alpha value is -1.07. The molecule has 1 aliphatic heterocycles. The SMILES string of the molecule is CC[C@H](NC(=O)N1CCC[C@@](C)(OC)CC1)c1cccs1. The fraction of sp³-hybridized carbons (Fsp3) is 0.688. The molecular formula is C16H26N2O2S. The largest absolute Gasteiger partial charge is 0.378 e.